The van der Waals surface area contributed by atoms with Gasteiger partial charge in [-0.25, -0.2) is 0 Å². The van der Waals surface area contributed by atoms with E-state index < -0.39 is 6.10 Å². The molecular weight excluding hydrogens is 661 g/mol. The molecule has 0 aromatic carbocycles. The lowest BCUT2D eigenvalue weighted by molar-refractivity contribution is -0.167. The molecular formula is C47H78O6. The van der Waals surface area contributed by atoms with Gasteiger partial charge < -0.3 is 14.2 Å². The maximum Gasteiger partial charge on any atom is 0.306 e. The van der Waals surface area contributed by atoms with Crippen molar-refractivity contribution in [3.05, 3.63) is 72.9 Å². The Balaban J connectivity index is 4.17. The quantitative estimate of drug-likeness (QED) is 0.0273. The molecule has 0 aliphatic heterocycles. The number of hydrogen-bond donors (Lipinski definition) is 0. The summed E-state index contributed by atoms with van der Waals surface area (Å²) in [6, 6.07) is 0. The molecule has 0 N–H and O–H groups in total. The molecule has 0 aliphatic carbocycles. The summed E-state index contributed by atoms with van der Waals surface area (Å²) in [5.74, 6) is -0.940. The minimum atomic E-state index is -0.776. The van der Waals surface area contributed by atoms with E-state index in [1.54, 1.807) is 0 Å². The van der Waals surface area contributed by atoms with Gasteiger partial charge in [-0.15, -0.1) is 0 Å². The van der Waals surface area contributed by atoms with Gasteiger partial charge in [0.05, 0.1) is 0 Å². The lowest BCUT2D eigenvalue weighted by Gasteiger charge is -2.18. The van der Waals surface area contributed by atoms with Gasteiger partial charge in [0.2, 0.25) is 0 Å². The van der Waals surface area contributed by atoms with E-state index in [4.69, 9.17) is 14.2 Å². The van der Waals surface area contributed by atoms with Crippen LogP contribution in [0.3, 0.4) is 0 Å². The monoisotopic (exact) mass is 739 g/mol. The van der Waals surface area contributed by atoms with Crippen LogP contribution >= 0.6 is 0 Å². The Hall–Kier alpha value is -3.15. The molecule has 0 spiro atoms. The summed E-state index contributed by atoms with van der Waals surface area (Å²) in [7, 11) is 0. The Labute approximate surface area is 325 Å². The number of carbonyl (C=O) groups is 3. The molecule has 0 aromatic rings. The van der Waals surface area contributed by atoms with Gasteiger partial charge >= 0.3 is 17.9 Å². The standard InChI is InChI=1S/C47H78O6/c1-4-7-10-13-15-16-17-18-19-20-21-22-23-24-25-26-27-28-29-30-32-34-37-40-46(49)52-43-44(42-51-45(48)39-36-33-12-9-6-3)53-47(50)41-38-35-31-14-11-8-5-2/h7,10,15-16,18-19,21-22,24-25,27-28,44H,4-6,8-9,11-14,17,20,23,26,29-43H2,1-3H3/b10-7-,16-15-,19-18-,22-21-,25-24-,28-27-. The van der Waals surface area contributed by atoms with Crippen molar-refractivity contribution in [1.82, 2.24) is 0 Å². The first-order valence-corrected chi connectivity index (χ1v) is 21.4. The topological polar surface area (TPSA) is 78.9 Å². The third-order valence-electron chi connectivity index (χ3n) is 8.73. The van der Waals surface area contributed by atoms with E-state index in [2.05, 4.69) is 93.7 Å². The molecule has 0 fully saturated rings. The van der Waals surface area contributed by atoms with E-state index in [0.717, 1.165) is 116 Å². The van der Waals surface area contributed by atoms with Crippen molar-refractivity contribution in [2.75, 3.05) is 13.2 Å². The lowest BCUT2D eigenvalue weighted by Crippen LogP contribution is -2.30. The number of allylic oxidation sites excluding steroid dienone is 12. The molecule has 0 rings (SSSR count). The van der Waals surface area contributed by atoms with E-state index in [1.807, 2.05) is 0 Å². The maximum atomic E-state index is 12.5. The molecule has 0 aromatic heterocycles. The molecule has 6 nitrogen and oxygen atoms in total. The first-order valence-electron chi connectivity index (χ1n) is 21.4. The van der Waals surface area contributed by atoms with E-state index in [0.29, 0.717) is 19.3 Å². The third kappa shape index (κ3) is 39.9. The van der Waals surface area contributed by atoms with E-state index >= 15 is 0 Å². The molecule has 0 bridgehead atoms. The number of carbonyl (C=O) groups excluding carboxylic acids is 3. The number of esters is 3. The van der Waals surface area contributed by atoms with Gasteiger partial charge in [-0.05, 0) is 70.6 Å². The molecule has 1 atom stereocenters. The average Bonchev–Trinajstić information content (AvgIpc) is 3.15. The smallest absolute Gasteiger partial charge is 0.306 e. The van der Waals surface area contributed by atoms with Gasteiger partial charge in [0.15, 0.2) is 6.10 Å². The summed E-state index contributed by atoms with van der Waals surface area (Å²) in [4.78, 5) is 37.2. The first-order chi connectivity index (χ1) is 26.0. The van der Waals surface area contributed by atoms with E-state index in [-0.39, 0.29) is 31.1 Å². The van der Waals surface area contributed by atoms with Crippen molar-refractivity contribution < 1.29 is 28.6 Å². The van der Waals surface area contributed by atoms with E-state index in [9.17, 15) is 14.4 Å². The number of hydrogen-bond acceptors (Lipinski definition) is 6. The summed E-state index contributed by atoms with van der Waals surface area (Å²) >= 11 is 0. The largest absolute Gasteiger partial charge is 0.462 e. The average molecular weight is 739 g/mol. The van der Waals surface area contributed by atoms with Crippen LogP contribution < -0.4 is 0 Å². The fraction of sp³-hybridized carbons (Fsp3) is 0.681. The first kappa shape index (κ1) is 49.9. The highest BCUT2D eigenvalue weighted by Gasteiger charge is 2.19. The summed E-state index contributed by atoms with van der Waals surface area (Å²) in [6.45, 7) is 6.34. The van der Waals surface area contributed by atoms with Gasteiger partial charge in [-0.1, -0.05) is 171 Å². The molecule has 53 heavy (non-hydrogen) atoms. The molecule has 0 aliphatic rings. The highest BCUT2D eigenvalue weighted by molar-refractivity contribution is 5.71. The molecule has 0 saturated carbocycles. The summed E-state index contributed by atoms with van der Waals surface area (Å²) in [5, 5.41) is 0. The predicted octanol–water partition coefficient (Wildman–Crippen LogP) is 13.5. The number of ether oxygens (including phenoxy) is 3. The van der Waals surface area contributed by atoms with Crippen molar-refractivity contribution in [3.8, 4) is 0 Å². The minimum absolute atomic E-state index is 0.0849. The minimum Gasteiger partial charge on any atom is -0.462 e. The summed E-state index contributed by atoms with van der Waals surface area (Å²) < 4.78 is 16.5. The molecule has 1 unspecified atom stereocenters. The van der Waals surface area contributed by atoms with Crippen molar-refractivity contribution >= 4 is 17.9 Å². The van der Waals surface area contributed by atoms with E-state index in [1.165, 1.54) is 32.1 Å². The molecule has 0 radical (unpaired) electrons. The Morgan fingerprint density at radius 1 is 0.396 bits per heavy atom. The SMILES string of the molecule is CC/C=C\C/C=C\C/C=C\C/C=C\C/C=C\C/C=C\CCCCCCC(=O)OCC(COC(=O)CCCCCCC)OC(=O)CCCCCCCCC. The Bertz CT molecular complexity index is 1030. The highest BCUT2D eigenvalue weighted by Crippen LogP contribution is 2.12. The second-order valence-corrected chi connectivity index (χ2v) is 13.9. The molecule has 0 heterocycles. The van der Waals surface area contributed by atoms with Gasteiger partial charge in [0, 0.05) is 19.3 Å². The van der Waals surface area contributed by atoms with Crippen LogP contribution in [0.5, 0.6) is 0 Å². The van der Waals surface area contributed by atoms with Crippen LogP contribution in [0.25, 0.3) is 0 Å². The van der Waals surface area contributed by atoms with Crippen LogP contribution in [0.2, 0.25) is 0 Å². The Morgan fingerprint density at radius 2 is 0.736 bits per heavy atom. The fourth-order valence-electron chi connectivity index (χ4n) is 5.50. The van der Waals surface area contributed by atoms with Gasteiger partial charge in [-0.3, -0.25) is 14.4 Å². The fourth-order valence-corrected chi connectivity index (χ4v) is 5.50. The van der Waals surface area contributed by atoms with Crippen LogP contribution in [0.4, 0.5) is 0 Å². The molecule has 6 heteroatoms. The van der Waals surface area contributed by atoms with Gasteiger partial charge in [-0.2, -0.15) is 0 Å². The highest BCUT2D eigenvalue weighted by atomic mass is 16.6. The number of rotatable bonds is 37. The van der Waals surface area contributed by atoms with Crippen LogP contribution in [-0.2, 0) is 28.6 Å². The van der Waals surface area contributed by atoms with Crippen LogP contribution in [0.1, 0.15) is 188 Å². The Kier molecular flexibility index (Phi) is 39.1. The van der Waals surface area contributed by atoms with Crippen LogP contribution in [0, 0.1) is 0 Å². The molecule has 0 saturated heterocycles. The van der Waals surface area contributed by atoms with Gasteiger partial charge in [0.1, 0.15) is 13.2 Å². The van der Waals surface area contributed by atoms with Gasteiger partial charge in [0.25, 0.3) is 0 Å². The Morgan fingerprint density at radius 3 is 1.15 bits per heavy atom. The van der Waals surface area contributed by atoms with Crippen molar-refractivity contribution in [2.24, 2.45) is 0 Å². The predicted molar refractivity (Wildman–Crippen MR) is 224 cm³/mol. The van der Waals surface area contributed by atoms with Crippen molar-refractivity contribution in [3.63, 3.8) is 0 Å². The zero-order valence-corrected chi connectivity index (χ0v) is 34.3. The van der Waals surface area contributed by atoms with Crippen molar-refractivity contribution in [1.29, 1.82) is 0 Å². The summed E-state index contributed by atoms with van der Waals surface area (Å²) in [5.41, 5.74) is 0. The maximum absolute atomic E-state index is 12.5. The molecule has 302 valence electrons. The second kappa shape index (κ2) is 41.6. The van der Waals surface area contributed by atoms with Crippen LogP contribution in [-0.4, -0.2) is 37.2 Å². The zero-order chi connectivity index (χ0) is 38.7. The summed E-state index contributed by atoms with van der Waals surface area (Å²) in [6.07, 6.45) is 50.8. The zero-order valence-electron chi connectivity index (χ0n) is 34.3. The normalized spacial score (nSPS) is 12.7. The second-order valence-electron chi connectivity index (χ2n) is 13.9. The lowest BCUT2D eigenvalue weighted by atomic mass is 10.1. The van der Waals surface area contributed by atoms with Crippen LogP contribution in [0.15, 0.2) is 72.9 Å². The third-order valence-corrected chi connectivity index (χ3v) is 8.73. The van der Waals surface area contributed by atoms with Crippen molar-refractivity contribution in [2.45, 2.75) is 194 Å². The molecule has 0 amide bonds. The number of unbranched alkanes of at least 4 members (excludes halogenated alkanes) is 14.